The van der Waals surface area contributed by atoms with Crippen LogP contribution in [0.25, 0.3) is 6.08 Å². The Morgan fingerprint density at radius 2 is 2.18 bits per heavy atom. The number of ketones is 1. The van der Waals surface area contributed by atoms with Crippen molar-refractivity contribution in [1.82, 2.24) is 5.32 Å². The van der Waals surface area contributed by atoms with Gasteiger partial charge in [-0.15, -0.1) is 0 Å². The molecule has 1 aromatic rings. The number of Topliss-reactive ketones (excluding diaryl/α,β-unsaturated/α-hetero) is 1. The van der Waals surface area contributed by atoms with Crippen LogP contribution >= 0.6 is 0 Å². The van der Waals surface area contributed by atoms with Crippen LogP contribution < -0.4 is 5.32 Å². The number of hydrogen-bond donors (Lipinski definition) is 1. The molecule has 1 heterocycles. The Morgan fingerprint density at radius 3 is 2.73 bits per heavy atom. The number of carbonyl (C=O) groups is 1. The lowest BCUT2D eigenvalue weighted by atomic mass is 9.94. The zero-order valence-corrected chi connectivity index (χ0v) is 12.3. The lowest BCUT2D eigenvalue weighted by molar-refractivity contribution is -0.384. The summed E-state index contributed by atoms with van der Waals surface area (Å²) in [7, 11) is 1.49. The third kappa shape index (κ3) is 3.12. The average molecular weight is 300 g/mol. The summed E-state index contributed by atoms with van der Waals surface area (Å²) in [5, 5.41) is 13.9. The fourth-order valence-electron chi connectivity index (χ4n) is 2.24. The van der Waals surface area contributed by atoms with Crippen molar-refractivity contribution in [3.63, 3.8) is 0 Å². The van der Waals surface area contributed by atoms with Crippen molar-refractivity contribution < 1.29 is 14.5 Å². The van der Waals surface area contributed by atoms with Crippen LogP contribution in [-0.4, -0.2) is 23.5 Å². The molecule has 0 saturated heterocycles. The van der Waals surface area contributed by atoms with Crippen LogP contribution in [0.1, 0.15) is 12.5 Å². The molecule has 1 aliphatic rings. The van der Waals surface area contributed by atoms with Crippen LogP contribution in [0.4, 0.5) is 5.69 Å². The first kappa shape index (κ1) is 15.7. The summed E-state index contributed by atoms with van der Waals surface area (Å²) < 4.78 is 5.48. The largest absolute Gasteiger partial charge is 0.357 e. The van der Waals surface area contributed by atoms with Crippen LogP contribution in [0.5, 0.6) is 0 Å². The maximum atomic E-state index is 12.1. The first-order valence-electron chi connectivity index (χ1n) is 6.63. The second-order valence-corrected chi connectivity index (χ2v) is 4.77. The molecule has 0 aliphatic carbocycles. The van der Waals surface area contributed by atoms with Crippen molar-refractivity contribution in [1.29, 1.82) is 0 Å². The minimum Gasteiger partial charge on any atom is -0.357 e. The number of nitro groups is 1. The molecule has 0 fully saturated rings. The standard InChI is InChI=1S/C16H16N2O4/c1-12(19)15(16(22-2)8-3-4-9-17-16)11-13-6-5-7-14(10-13)18(20)21/h3-11,17H,1-2H3/b15-11+. The van der Waals surface area contributed by atoms with Gasteiger partial charge in [-0.1, -0.05) is 18.2 Å². The quantitative estimate of drug-likeness (QED) is 0.513. The zero-order valence-electron chi connectivity index (χ0n) is 12.3. The topological polar surface area (TPSA) is 81.5 Å². The molecule has 1 aromatic carbocycles. The van der Waals surface area contributed by atoms with Crippen molar-refractivity contribution in [2.24, 2.45) is 0 Å². The van der Waals surface area contributed by atoms with Crippen molar-refractivity contribution in [2.75, 3.05) is 7.11 Å². The minimum absolute atomic E-state index is 0.0323. The minimum atomic E-state index is -1.08. The number of carbonyl (C=O) groups excluding carboxylic acids is 1. The number of dihydropyridines is 1. The number of methoxy groups -OCH3 is 1. The number of non-ortho nitro benzene ring substituents is 1. The van der Waals surface area contributed by atoms with Gasteiger partial charge < -0.3 is 10.1 Å². The summed E-state index contributed by atoms with van der Waals surface area (Å²) in [6.45, 7) is 1.43. The molecule has 0 saturated carbocycles. The molecular formula is C16H16N2O4. The SMILES string of the molecule is COC1(/C(=C/c2cccc([N+](=O)[O-])c2)C(C)=O)C=CC=CN1. The Balaban J connectivity index is 2.50. The first-order chi connectivity index (χ1) is 10.5. The Bertz CT molecular complexity index is 691. The highest BCUT2D eigenvalue weighted by atomic mass is 16.6. The van der Waals surface area contributed by atoms with Crippen molar-refractivity contribution >= 4 is 17.5 Å². The lowest BCUT2D eigenvalue weighted by Gasteiger charge is -2.32. The Kier molecular flexibility index (Phi) is 4.53. The first-order valence-corrected chi connectivity index (χ1v) is 6.63. The fraction of sp³-hybridized carbons (Fsp3) is 0.188. The van der Waals surface area contributed by atoms with Gasteiger partial charge in [0, 0.05) is 19.2 Å². The monoisotopic (exact) mass is 300 g/mol. The van der Waals surface area contributed by atoms with Gasteiger partial charge in [0.05, 0.1) is 10.5 Å². The number of allylic oxidation sites excluding steroid dienone is 2. The molecule has 0 spiro atoms. The molecule has 6 heteroatoms. The molecule has 0 bridgehead atoms. The summed E-state index contributed by atoms with van der Waals surface area (Å²) in [4.78, 5) is 22.4. The Morgan fingerprint density at radius 1 is 1.41 bits per heavy atom. The van der Waals surface area contributed by atoms with E-state index in [0.717, 1.165) is 0 Å². The van der Waals surface area contributed by atoms with E-state index in [0.29, 0.717) is 11.1 Å². The lowest BCUT2D eigenvalue weighted by Crippen LogP contribution is -2.47. The highest BCUT2D eigenvalue weighted by Crippen LogP contribution is 2.26. The van der Waals surface area contributed by atoms with E-state index in [1.807, 2.05) is 0 Å². The second-order valence-electron chi connectivity index (χ2n) is 4.77. The summed E-state index contributed by atoms with van der Waals surface area (Å²) in [5.74, 6) is -0.194. The van der Waals surface area contributed by atoms with Crippen LogP contribution in [0.3, 0.4) is 0 Å². The van der Waals surface area contributed by atoms with Crippen molar-refractivity contribution in [3.8, 4) is 0 Å². The van der Waals surface area contributed by atoms with Crippen LogP contribution in [-0.2, 0) is 9.53 Å². The van der Waals surface area contributed by atoms with E-state index in [4.69, 9.17) is 4.74 Å². The number of benzene rings is 1. The summed E-state index contributed by atoms with van der Waals surface area (Å²) in [6.07, 6.45) is 8.53. The van der Waals surface area contributed by atoms with Crippen molar-refractivity contribution in [3.05, 3.63) is 69.9 Å². The molecule has 1 aliphatic heterocycles. The second kappa shape index (κ2) is 6.36. The maximum absolute atomic E-state index is 12.1. The molecule has 1 atom stereocenters. The third-order valence-corrected chi connectivity index (χ3v) is 3.33. The number of hydrogen-bond acceptors (Lipinski definition) is 5. The van der Waals surface area contributed by atoms with Gasteiger partial charge in [-0.05, 0) is 36.9 Å². The molecule has 22 heavy (non-hydrogen) atoms. The van der Waals surface area contributed by atoms with Gasteiger partial charge in [0.15, 0.2) is 11.5 Å². The highest BCUT2D eigenvalue weighted by Gasteiger charge is 2.34. The normalized spacial score (nSPS) is 20.5. The molecule has 1 N–H and O–H groups in total. The van der Waals surface area contributed by atoms with Crippen molar-refractivity contribution in [2.45, 2.75) is 12.6 Å². The van der Waals surface area contributed by atoms with Crippen LogP contribution in [0, 0.1) is 10.1 Å². The van der Waals surface area contributed by atoms with E-state index < -0.39 is 10.6 Å². The van der Waals surface area contributed by atoms with Gasteiger partial charge >= 0.3 is 0 Å². The Labute approximate surface area is 127 Å². The van der Waals surface area contributed by atoms with E-state index in [-0.39, 0.29) is 11.5 Å². The summed E-state index contributed by atoms with van der Waals surface area (Å²) in [5.41, 5.74) is -0.197. The van der Waals surface area contributed by atoms with Gasteiger partial charge in [0.1, 0.15) is 0 Å². The average Bonchev–Trinajstić information content (AvgIpc) is 2.53. The zero-order chi connectivity index (χ0) is 16.2. The van der Waals surface area contributed by atoms with Crippen LogP contribution in [0.15, 0.2) is 54.3 Å². The maximum Gasteiger partial charge on any atom is 0.270 e. The molecule has 2 rings (SSSR count). The van der Waals surface area contributed by atoms with Gasteiger partial charge in [0.2, 0.25) is 0 Å². The molecule has 0 radical (unpaired) electrons. The number of ether oxygens (including phenoxy) is 1. The highest BCUT2D eigenvalue weighted by molar-refractivity contribution is 6.00. The van der Waals surface area contributed by atoms with Crippen LogP contribution in [0.2, 0.25) is 0 Å². The van der Waals surface area contributed by atoms with Gasteiger partial charge in [-0.25, -0.2) is 0 Å². The molecule has 1 unspecified atom stereocenters. The fourth-order valence-corrected chi connectivity index (χ4v) is 2.24. The number of nitrogens with one attached hydrogen (secondary N) is 1. The molecular weight excluding hydrogens is 284 g/mol. The molecule has 0 aromatic heterocycles. The molecule has 6 nitrogen and oxygen atoms in total. The number of rotatable bonds is 5. The number of nitrogens with zero attached hydrogens (tertiary/aromatic N) is 1. The predicted octanol–water partition coefficient (Wildman–Crippen LogP) is 2.58. The Hall–Kier alpha value is -2.73. The smallest absolute Gasteiger partial charge is 0.270 e. The summed E-state index contributed by atoms with van der Waals surface area (Å²) in [6, 6.07) is 6.08. The third-order valence-electron chi connectivity index (χ3n) is 3.33. The van der Waals surface area contributed by atoms with E-state index in [1.54, 1.807) is 42.6 Å². The van der Waals surface area contributed by atoms with Gasteiger partial charge in [-0.2, -0.15) is 0 Å². The number of nitro benzene ring substituents is 1. The molecule has 0 amide bonds. The molecule has 114 valence electrons. The van der Waals surface area contributed by atoms with E-state index in [2.05, 4.69) is 5.32 Å². The van der Waals surface area contributed by atoms with Gasteiger partial charge in [0.25, 0.3) is 5.69 Å². The van der Waals surface area contributed by atoms with Gasteiger partial charge in [-0.3, -0.25) is 14.9 Å². The predicted molar refractivity (Wildman–Crippen MR) is 82.9 cm³/mol. The van der Waals surface area contributed by atoms with E-state index in [9.17, 15) is 14.9 Å². The van der Waals surface area contributed by atoms with E-state index >= 15 is 0 Å². The summed E-state index contributed by atoms with van der Waals surface area (Å²) >= 11 is 0. The van der Waals surface area contributed by atoms with E-state index in [1.165, 1.54) is 26.2 Å².